The molecular formula is C20H23N3OS. The molecule has 5 heteroatoms. The molecule has 0 spiro atoms. The third kappa shape index (κ3) is 3.66. The number of hydrogen-bond donors (Lipinski definition) is 1. The van der Waals surface area contributed by atoms with Crippen molar-refractivity contribution in [2.75, 3.05) is 0 Å². The minimum Gasteiger partial charge on any atom is -0.348 e. The Balaban J connectivity index is 2.10. The molecule has 1 N–H and O–H groups in total. The molecule has 0 bridgehead atoms. The van der Waals surface area contributed by atoms with Crippen molar-refractivity contribution in [2.24, 2.45) is 0 Å². The zero-order chi connectivity index (χ0) is 18.0. The lowest BCUT2D eigenvalue weighted by atomic mass is 10.1. The van der Waals surface area contributed by atoms with Gasteiger partial charge in [-0.25, -0.2) is 4.68 Å². The normalized spacial score (nSPS) is 12.2. The first-order valence-electron chi connectivity index (χ1n) is 8.52. The lowest BCUT2D eigenvalue weighted by Crippen LogP contribution is -2.33. The molecule has 0 radical (unpaired) electrons. The second kappa shape index (κ2) is 7.23. The Labute approximate surface area is 152 Å². The molecule has 0 saturated heterocycles. The van der Waals surface area contributed by atoms with Crippen molar-refractivity contribution < 1.29 is 4.79 Å². The number of hydrogen-bond acceptors (Lipinski definition) is 3. The summed E-state index contributed by atoms with van der Waals surface area (Å²) < 4.78 is 1.77. The molecule has 0 aliphatic heterocycles. The molecule has 1 aromatic carbocycles. The Morgan fingerprint density at radius 2 is 2.08 bits per heavy atom. The molecule has 3 rings (SSSR count). The fraction of sp³-hybridized carbons (Fsp3) is 0.300. The first kappa shape index (κ1) is 17.4. The molecule has 0 unspecified atom stereocenters. The maximum atomic E-state index is 12.8. The number of benzene rings is 1. The lowest BCUT2D eigenvalue weighted by Gasteiger charge is -2.14. The van der Waals surface area contributed by atoms with Crippen LogP contribution in [0.1, 0.15) is 41.9 Å². The van der Waals surface area contributed by atoms with Crippen molar-refractivity contribution in [2.45, 2.75) is 40.2 Å². The van der Waals surface area contributed by atoms with Crippen molar-refractivity contribution in [1.82, 2.24) is 15.1 Å². The number of aryl methyl sites for hydroxylation is 2. The van der Waals surface area contributed by atoms with E-state index in [-0.39, 0.29) is 11.9 Å². The van der Waals surface area contributed by atoms with Crippen molar-refractivity contribution >= 4 is 17.2 Å². The van der Waals surface area contributed by atoms with Crippen LogP contribution in [0, 0.1) is 13.8 Å². The van der Waals surface area contributed by atoms with E-state index >= 15 is 0 Å². The Kier molecular flexibility index (Phi) is 5.04. The molecule has 0 fully saturated rings. The molecule has 2 aromatic heterocycles. The summed E-state index contributed by atoms with van der Waals surface area (Å²) in [6, 6.07) is 12.2. The van der Waals surface area contributed by atoms with Crippen LogP contribution in [0.2, 0.25) is 0 Å². The Hall–Kier alpha value is -2.40. The minimum absolute atomic E-state index is 0.0929. The second-order valence-corrected chi connectivity index (χ2v) is 7.32. The summed E-state index contributed by atoms with van der Waals surface area (Å²) in [4.78, 5) is 13.9. The van der Waals surface area contributed by atoms with Crippen LogP contribution in [0.4, 0.5) is 0 Å². The van der Waals surface area contributed by atoms with E-state index in [2.05, 4.69) is 25.2 Å². The molecule has 0 saturated carbocycles. The molecule has 2 heterocycles. The van der Waals surface area contributed by atoms with Crippen LogP contribution in [0.25, 0.3) is 16.3 Å². The number of aromatic nitrogens is 2. The van der Waals surface area contributed by atoms with Crippen molar-refractivity contribution in [1.29, 1.82) is 0 Å². The van der Waals surface area contributed by atoms with E-state index in [4.69, 9.17) is 5.10 Å². The highest BCUT2D eigenvalue weighted by molar-refractivity contribution is 7.13. The van der Waals surface area contributed by atoms with Gasteiger partial charge in [0.25, 0.3) is 5.91 Å². The maximum Gasteiger partial charge on any atom is 0.270 e. The van der Waals surface area contributed by atoms with E-state index in [1.165, 1.54) is 5.56 Å². The smallest absolute Gasteiger partial charge is 0.270 e. The summed E-state index contributed by atoms with van der Waals surface area (Å²) in [7, 11) is 0. The molecular weight excluding hydrogens is 330 g/mol. The van der Waals surface area contributed by atoms with Gasteiger partial charge in [0.2, 0.25) is 0 Å². The highest BCUT2D eigenvalue weighted by atomic mass is 32.1. The monoisotopic (exact) mass is 353 g/mol. The topological polar surface area (TPSA) is 46.9 Å². The Bertz CT molecular complexity index is 880. The van der Waals surface area contributed by atoms with Crippen LogP contribution in [-0.4, -0.2) is 21.7 Å². The van der Waals surface area contributed by atoms with Crippen LogP contribution in [0.5, 0.6) is 0 Å². The van der Waals surface area contributed by atoms with Crippen LogP contribution >= 0.6 is 11.3 Å². The number of thiophene rings is 1. The first-order valence-corrected chi connectivity index (χ1v) is 9.40. The Morgan fingerprint density at radius 1 is 1.28 bits per heavy atom. The van der Waals surface area contributed by atoms with Gasteiger partial charge in [-0.2, -0.15) is 5.10 Å². The largest absolute Gasteiger partial charge is 0.348 e. The van der Waals surface area contributed by atoms with Gasteiger partial charge in [0.05, 0.1) is 10.6 Å². The highest BCUT2D eigenvalue weighted by Gasteiger charge is 2.20. The molecule has 130 valence electrons. The summed E-state index contributed by atoms with van der Waals surface area (Å²) in [5.41, 5.74) is 4.61. The molecule has 25 heavy (non-hydrogen) atoms. The van der Waals surface area contributed by atoms with E-state index in [9.17, 15) is 4.79 Å². The molecule has 0 aliphatic rings. The summed E-state index contributed by atoms with van der Waals surface area (Å²) in [5, 5.41) is 9.80. The maximum absolute atomic E-state index is 12.8. The number of nitrogens with one attached hydrogen (secondary N) is 1. The summed E-state index contributed by atoms with van der Waals surface area (Å²) in [6.07, 6.45) is 0.890. The fourth-order valence-corrected chi connectivity index (χ4v) is 3.40. The van der Waals surface area contributed by atoms with Gasteiger partial charge in [-0.3, -0.25) is 4.79 Å². The summed E-state index contributed by atoms with van der Waals surface area (Å²) >= 11 is 1.62. The van der Waals surface area contributed by atoms with Gasteiger partial charge < -0.3 is 5.32 Å². The number of nitrogens with zero attached hydrogens (tertiary/aromatic N) is 2. The predicted molar refractivity (Wildman–Crippen MR) is 104 cm³/mol. The third-order valence-electron chi connectivity index (χ3n) is 4.29. The van der Waals surface area contributed by atoms with Gasteiger partial charge >= 0.3 is 0 Å². The number of carbonyl (C=O) groups excluding carboxylic acids is 1. The van der Waals surface area contributed by atoms with Crippen LogP contribution in [0.3, 0.4) is 0 Å². The lowest BCUT2D eigenvalue weighted by molar-refractivity contribution is 0.0931. The first-order chi connectivity index (χ1) is 12.0. The zero-order valence-electron chi connectivity index (χ0n) is 15.0. The van der Waals surface area contributed by atoms with Crippen molar-refractivity contribution in [3.05, 3.63) is 58.6 Å². The molecule has 3 aromatic rings. The number of rotatable bonds is 5. The summed E-state index contributed by atoms with van der Waals surface area (Å²) in [6.45, 7) is 8.18. The second-order valence-electron chi connectivity index (χ2n) is 6.38. The van der Waals surface area contributed by atoms with E-state index < -0.39 is 0 Å². The zero-order valence-corrected chi connectivity index (χ0v) is 15.9. The number of carbonyl (C=O) groups is 1. The van der Waals surface area contributed by atoms with E-state index in [0.717, 1.165) is 28.2 Å². The standard InChI is InChI=1S/C20H23N3OS/c1-5-15(4)21-20(24)18-12-16(19-7-6-10-25-19)22-23(18)17-9-8-13(2)11-14(17)3/h6-12,15H,5H2,1-4H3,(H,21,24)/t15-/m1/s1. The van der Waals surface area contributed by atoms with Crippen molar-refractivity contribution in [3.63, 3.8) is 0 Å². The number of amides is 1. The van der Waals surface area contributed by atoms with Gasteiger partial charge in [-0.1, -0.05) is 30.7 Å². The molecule has 4 nitrogen and oxygen atoms in total. The van der Waals surface area contributed by atoms with E-state index in [0.29, 0.717) is 5.69 Å². The highest BCUT2D eigenvalue weighted by Crippen LogP contribution is 2.27. The van der Waals surface area contributed by atoms with E-state index in [1.807, 2.05) is 49.6 Å². The van der Waals surface area contributed by atoms with Crippen LogP contribution < -0.4 is 5.32 Å². The third-order valence-corrected chi connectivity index (χ3v) is 5.18. The van der Waals surface area contributed by atoms with Gasteiger partial charge in [0, 0.05) is 6.04 Å². The van der Waals surface area contributed by atoms with Crippen LogP contribution in [0.15, 0.2) is 41.8 Å². The minimum atomic E-state index is -0.0929. The quantitative estimate of drug-likeness (QED) is 0.720. The molecule has 1 atom stereocenters. The molecule has 0 aliphatic carbocycles. The molecule has 1 amide bonds. The SMILES string of the molecule is CC[C@@H](C)NC(=O)c1cc(-c2cccs2)nn1-c1ccc(C)cc1C. The summed E-state index contributed by atoms with van der Waals surface area (Å²) in [5.74, 6) is -0.0929. The van der Waals surface area contributed by atoms with Gasteiger partial charge in [-0.05, 0) is 56.3 Å². The van der Waals surface area contributed by atoms with E-state index in [1.54, 1.807) is 16.0 Å². The predicted octanol–water partition coefficient (Wildman–Crippen LogP) is 4.75. The van der Waals surface area contributed by atoms with Gasteiger partial charge in [-0.15, -0.1) is 11.3 Å². The van der Waals surface area contributed by atoms with Crippen LogP contribution in [-0.2, 0) is 0 Å². The van der Waals surface area contributed by atoms with Gasteiger partial charge in [0.1, 0.15) is 11.4 Å². The Morgan fingerprint density at radius 3 is 2.72 bits per heavy atom. The average Bonchev–Trinajstić information content (AvgIpc) is 3.24. The average molecular weight is 353 g/mol. The van der Waals surface area contributed by atoms with Crippen molar-refractivity contribution in [3.8, 4) is 16.3 Å². The van der Waals surface area contributed by atoms with Gasteiger partial charge in [0.15, 0.2) is 0 Å². The fourth-order valence-electron chi connectivity index (χ4n) is 2.71.